The van der Waals surface area contributed by atoms with Gasteiger partial charge in [-0.25, -0.2) is 4.79 Å². The summed E-state index contributed by atoms with van der Waals surface area (Å²) in [5, 5.41) is 12.1. The number of nitrogens with zero attached hydrogens (tertiary/aromatic N) is 1. The summed E-state index contributed by atoms with van der Waals surface area (Å²) in [5.74, 6) is -0.344. The highest BCUT2D eigenvalue weighted by atomic mass is 32.1. The standard InChI is InChI=1S/C12H12N2O3S/c1-17-11-3-2-8(12(15)16)4-10(11)14-6-9-5-13-7-18-9/h2-5,7,14H,6H2,1H3,(H,15,16). The van der Waals surface area contributed by atoms with Gasteiger partial charge in [-0.1, -0.05) is 0 Å². The number of ether oxygens (including phenoxy) is 1. The summed E-state index contributed by atoms with van der Waals surface area (Å²) in [6.07, 6.45) is 1.77. The van der Waals surface area contributed by atoms with Crippen LogP contribution in [0.15, 0.2) is 29.9 Å². The third-order valence-corrected chi connectivity index (χ3v) is 3.16. The molecule has 0 fully saturated rings. The summed E-state index contributed by atoms with van der Waals surface area (Å²) in [6.45, 7) is 0.587. The molecule has 0 saturated heterocycles. The number of hydrogen-bond acceptors (Lipinski definition) is 5. The van der Waals surface area contributed by atoms with Crippen LogP contribution in [-0.2, 0) is 6.54 Å². The van der Waals surface area contributed by atoms with E-state index in [9.17, 15) is 4.79 Å². The number of anilines is 1. The van der Waals surface area contributed by atoms with Crippen molar-refractivity contribution in [2.45, 2.75) is 6.54 Å². The van der Waals surface area contributed by atoms with Gasteiger partial charge in [0.05, 0.1) is 30.4 Å². The third-order valence-electron chi connectivity index (χ3n) is 2.38. The van der Waals surface area contributed by atoms with Crippen molar-refractivity contribution in [1.29, 1.82) is 0 Å². The quantitative estimate of drug-likeness (QED) is 0.868. The SMILES string of the molecule is COc1ccc(C(=O)O)cc1NCc1cncs1. The van der Waals surface area contributed by atoms with Crippen LogP contribution < -0.4 is 10.1 Å². The first kappa shape index (κ1) is 12.4. The molecular formula is C12H12N2O3S. The van der Waals surface area contributed by atoms with Crippen LogP contribution in [0.5, 0.6) is 5.75 Å². The minimum atomic E-state index is -0.960. The Balaban J connectivity index is 2.18. The van der Waals surface area contributed by atoms with E-state index in [1.165, 1.54) is 17.4 Å². The molecule has 0 unspecified atom stereocenters. The Morgan fingerprint density at radius 2 is 2.39 bits per heavy atom. The fourth-order valence-corrected chi connectivity index (χ4v) is 2.03. The first-order chi connectivity index (χ1) is 8.70. The molecule has 1 aromatic carbocycles. The van der Waals surface area contributed by atoms with Gasteiger partial charge in [-0.15, -0.1) is 11.3 Å². The molecule has 0 aliphatic carbocycles. The molecule has 2 rings (SSSR count). The van der Waals surface area contributed by atoms with Gasteiger partial charge >= 0.3 is 5.97 Å². The van der Waals surface area contributed by atoms with Crippen molar-refractivity contribution in [1.82, 2.24) is 4.98 Å². The summed E-state index contributed by atoms with van der Waals surface area (Å²) in [5.41, 5.74) is 2.63. The smallest absolute Gasteiger partial charge is 0.335 e. The van der Waals surface area contributed by atoms with Crippen LogP contribution in [0.2, 0.25) is 0 Å². The van der Waals surface area contributed by atoms with E-state index < -0.39 is 5.97 Å². The van der Waals surface area contributed by atoms with E-state index in [2.05, 4.69) is 10.3 Å². The average Bonchev–Trinajstić information content (AvgIpc) is 2.89. The number of aromatic nitrogens is 1. The fourth-order valence-electron chi connectivity index (χ4n) is 1.49. The molecule has 6 heteroatoms. The second-order valence-electron chi connectivity index (χ2n) is 3.54. The molecule has 94 valence electrons. The van der Waals surface area contributed by atoms with Gasteiger partial charge in [-0.05, 0) is 18.2 Å². The number of hydrogen-bond donors (Lipinski definition) is 2. The zero-order chi connectivity index (χ0) is 13.0. The number of carboxylic acid groups (broad SMARTS) is 1. The maximum atomic E-state index is 10.9. The number of thiazole rings is 1. The predicted molar refractivity (Wildman–Crippen MR) is 69.4 cm³/mol. The molecule has 0 aliphatic rings. The third kappa shape index (κ3) is 2.78. The zero-order valence-corrected chi connectivity index (χ0v) is 10.5. The van der Waals surface area contributed by atoms with Crippen molar-refractivity contribution in [3.05, 3.63) is 40.3 Å². The van der Waals surface area contributed by atoms with Crippen LogP contribution in [-0.4, -0.2) is 23.2 Å². The van der Waals surface area contributed by atoms with Gasteiger partial charge in [-0.3, -0.25) is 4.98 Å². The number of rotatable bonds is 5. The Kier molecular flexibility index (Phi) is 3.78. The number of carboxylic acids is 1. The Hall–Kier alpha value is -2.08. The minimum Gasteiger partial charge on any atom is -0.495 e. The molecule has 0 saturated carbocycles. The average molecular weight is 264 g/mol. The van der Waals surface area contributed by atoms with E-state index >= 15 is 0 Å². The lowest BCUT2D eigenvalue weighted by atomic mass is 10.2. The molecule has 2 aromatic rings. The van der Waals surface area contributed by atoms with E-state index in [0.717, 1.165) is 4.88 Å². The molecule has 18 heavy (non-hydrogen) atoms. The zero-order valence-electron chi connectivity index (χ0n) is 9.71. The molecular weight excluding hydrogens is 252 g/mol. The molecule has 0 amide bonds. The van der Waals surface area contributed by atoms with Crippen LogP contribution in [0.4, 0.5) is 5.69 Å². The van der Waals surface area contributed by atoms with Crippen molar-refractivity contribution in [2.75, 3.05) is 12.4 Å². The monoisotopic (exact) mass is 264 g/mol. The maximum Gasteiger partial charge on any atom is 0.335 e. The molecule has 5 nitrogen and oxygen atoms in total. The lowest BCUT2D eigenvalue weighted by Gasteiger charge is -2.11. The van der Waals surface area contributed by atoms with Gasteiger partial charge in [-0.2, -0.15) is 0 Å². The maximum absolute atomic E-state index is 10.9. The molecule has 0 atom stereocenters. The fraction of sp³-hybridized carbons (Fsp3) is 0.167. The van der Waals surface area contributed by atoms with Crippen LogP contribution in [0.3, 0.4) is 0 Å². The number of aromatic carboxylic acids is 1. The highest BCUT2D eigenvalue weighted by Gasteiger charge is 2.08. The van der Waals surface area contributed by atoms with E-state index in [1.54, 1.807) is 30.9 Å². The van der Waals surface area contributed by atoms with Crippen molar-refractivity contribution < 1.29 is 14.6 Å². The Morgan fingerprint density at radius 1 is 1.56 bits per heavy atom. The largest absolute Gasteiger partial charge is 0.495 e. The van der Waals surface area contributed by atoms with Crippen LogP contribution in [0.25, 0.3) is 0 Å². The lowest BCUT2D eigenvalue weighted by Crippen LogP contribution is -2.03. The van der Waals surface area contributed by atoms with Crippen molar-refractivity contribution >= 4 is 23.0 Å². The summed E-state index contributed by atoms with van der Waals surface area (Å²) < 4.78 is 5.18. The number of methoxy groups -OCH3 is 1. The van der Waals surface area contributed by atoms with E-state index in [1.807, 2.05) is 0 Å². The highest BCUT2D eigenvalue weighted by molar-refractivity contribution is 7.09. The molecule has 0 radical (unpaired) electrons. The normalized spacial score (nSPS) is 10.1. The summed E-state index contributed by atoms with van der Waals surface area (Å²) in [7, 11) is 1.55. The van der Waals surface area contributed by atoms with Gasteiger partial charge in [0.15, 0.2) is 0 Å². The molecule has 0 spiro atoms. The second kappa shape index (κ2) is 5.50. The Bertz CT molecular complexity index is 540. The Labute approximate surface area is 108 Å². The molecule has 2 N–H and O–H groups in total. The topological polar surface area (TPSA) is 71.5 Å². The molecule has 1 heterocycles. The summed E-state index contributed by atoms with van der Waals surface area (Å²) in [4.78, 5) is 16.0. The molecule has 0 aliphatic heterocycles. The first-order valence-electron chi connectivity index (χ1n) is 5.23. The van der Waals surface area contributed by atoms with Crippen LogP contribution in [0.1, 0.15) is 15.2 Å². The summed E-state index contributed by atoms with van der Waals surface area (Å²) >= 11 is 1.54. The minimum absolute atomic E-state index is 0.225. The van der Waals surface area contributed by atoms with Gasteiger partial charge in [0, 0.05) is 11.1 Å². The van der Waals surface area contributed by atoms with Crippen molar-refractivity contribution in [2.24, 2.45) is 0 Å². The number of benzene rings is 1. The van der Waals surface area contributed by atoms with E-state index in [-0.39, 0.29) is 5.56 Å². The van der Waals surface area contributed by atoms with Crippen LogP contribution >= 0.6 is 11.3 Å². The van der Waals surface area contributed by atoms with Crippen LogP contribution in [0, 0.1) is 0 Å². The second-order valence-corrected chi connectivity index (χ2v) is 4.51. The number of nitrogens with one attached hydrogen (secondary N) is 1. The van der Waals surface area contributed by atoms with Gasteiger partial charge < -0.3 is 15.2 Å². The predicted octanol–water partition coefficient (Wildman–Crippen LogP) is 2.46. The van der Waals surface area contributed by atoms with Gasteiger partial charge in [0.2, 0.25) is 0 Å². The number of carbonyl (C=O) groups is 1. The summed E-state index contributed by atoms with van der Waals surface area (Å²) in [6, 6.07) is 4.71. The van der Waals surface area contributed by atoms with Crippen molar-refractivity contribution in [3.8, 4) is 5.75 Å². The van der Waals surface area contributed by atoms with Gasteiger partial charge in [0.25, 0.3) is 0 Å². The molecule has 1 aromatic heterocycles. The Morgan fingerprint density at radius 3 is 3.00 bits per heavy atom. The van der Waals surface area contributed by atoms with E-state index in [0.29, 0.717) is 18.0 Å². The van der Waals surface area contributed by atoms with Gasteiger partial charge in [0.1, 0.15) is 5.75 Å². The highest BCUT2D eigenvalue weighted by Crippen LogP contribution is 2.26. The lowest BCUT2D eigenvalue weighted by molar-refractivity contribution is 0.0697. The van der Waals surface area contributed by atoms with E-state index in [4.69, 9.17) is 9.84 Å². The van der Waals surface area contributed by atoms with Crippen molar-refractivity contribution in [3.63, 3.8) is 0 Å². The first-order valence-corrected chi connectivity index (χ1v) is 6.11. The molecule has 0 bridgehead atoms.